The molecule has 1 unspecified atom stereocenters. The lowest BCUT2D eigenvalue weighted by molar-refractivity contribution is -0.145. The molecule has 1 amide bonds. The van der Waals surface area contributed by atoms with Gasteiger partial charge in [0.1, 0.15) is 6.61 Å². The summed E-state index contributed by atoms with van der Waals surface area (Å²) >= 11 is 0. The summed E-state index contributed by atoms with van der Waals surface area (Å²) in [7, 11) is 1.52. The largest absolute Gasteiger partial charge is 0.481 e. The summed E-state index contributed by atoms with van der Waals surface area (Å²) in [5.41, 5.74) is 0. The van der Waals surface area contributed by atoms with Gasteiger partial charge in [-0.2, -0.15) is 0 Å². The Kier molecular flexibility index (Phi) is 27.6. The highest BCUT2D eigenvalue weighted by atomic mass is 16.5. The van der Waals surface area contributed by atoms with E-state index in [1.165, 1.54) is 39.2 Å². The second kappa shape index (κ2) is 28.8. The molecular weight excluding hydrogens is 508 g/mol. The molecule has 2 N–H and O–H groups in total. The normalized spacial score (nSPS) is 12.0. The highest BCUT2D eigenvalue weighted by Gasteiger charge is 2.09. The van der Waals surface area contributed by atoms with Crippen LogP contribution in [-0.4, -0.2) is 74.4 Å². The summed E-state index contributed by atoms with van der Waals surface area (Å²) in [4.78, 5) is 36.8. The summed E-state index contributed by atoms with van der Waals surface area (Å²) in [6.45, 7) is 8.75. The van der Waals surface area contributed by atoms with Crippen LogP contribution in [0, 0.1) is 5.92 Å². The van der Waals surface area contributed by atoms with E-state index in [4.69, 9.17) is 14.6 Å². The molecule has 1 atom stereocenters. The van der Waals surface area contributed by atoms with Gasteiger partial charge < -0.3 is 24.8 Å². The van der Waals surface area contributed by atoms with E-state index < -0.39 is 5.97 Å². The van der Waals surface area contributed by atoms with Crippen LogP contribution in [0.4, 0.5) is 0 Å². The van der Waals surface area contributed by atoms with E-state index in [0.29, 0.717) is 25.5 Å². The monoisotopic (exact) mass is 570 g/mol. The van der Waals surface area contributed by atoms with Gasteiger partial charge in [-0.05, 0) is 64.1 Å². The van der Waals surface area contributed by atoms with Crippen molar-refractivity contribution < 1.29 is 29.0 Å². The number of hydrogen-bond acceptors (Lipinski definition) is 6. The molecule has 0 saturated heterocycles. The van der Waals surface area contributed by atoms with E-state index in [0.717, 1.165) is 96.7 Å². The van der Waals surface area contributed by atoms with Crippen LogP contribution in [0.5, 0.6) is 0 Å². The van der Waals surface area contributed by atoms with Gasteiger partial charge in [-0.15, -0.1) is 0 Å². The van der Waals surface area contributed by atoms with Crippen LogP contribution in [0.25, 0.3) is 0 Å². The Morgan fingerprint density at radius 1 is 0.750 bits per heavy atom. The zero-order valence-electron chi connectivity index (χ0n) is 26.2. The molecule has 0 fully saturated rings. The van der Waals surface area contributed by atoms with Crippen molar-refractivity contribution in [2.24, 2.45) is 5.92 Å². The van der Waals surface area contributed by atoms with Gasteiger partial charge in [-0.3, -0.25) is 14.4 Å². The van der Waals surface area contributed by atoms with Gasteiger partial charge in [0.25, 0.3) is 0 Å². The number of nitrogens with one attached hydrogen (secondary N) is 1. The molecule has 0 saturated carbocycles. The number of methoxy groups -OCH3 is 1. The molecule has 0 spiro atoms. The zero-order chi connectivity index (χ0) is 29.7. The minimum absolute atomic E-state index is 0.0513. The molecule has 0 aromatic carbocycles. The van der Waals surface area contributed by atoms with Gasteiger partial charge in [0, 0.05) is 26.5 Å². The number of carboxylic acids is 1. The fourth-order valence-corrected chi connectivity index (χ4v) is 4.81. The van der Waals surface area contributed by atoms with Crippen LogP contribution < -0.4 is 5.32 Å². The van der Waals surface area contributed by atoms with Crippen molar-refractivity contribution in [1.82, 2.24) is 10.2 Å². The van der Waals surface area contributed by atoms with Gasteiger partial charge in [0.15, 0.2) is 0 Å². The average molecular weight is 571 g/mol. The predicted molar refractivity (Wildman–Crippen MR) is 162 cm³/mol. The van der Waals surface area contributed by atoms with Crippen molar-refractivity contribution >= 4 is 17.8 Å². The lowest BCUT2D eigenvalue weighted by atomic mass is 10.0. The quantitative estimate of drug-likeness (QED) is 0.0727. The molecule has 0 aliphatic carbocycles. The molecule has 0 bridgehead atoms. The lowest BCUT2D eigenvalue weighted by Gasteiger charge is -2.22. The van der Waals surface area contributed by atoms with Crippen molar-refractivity contribution in [2.75, 3.05) is 46.5 Å². The number of aliphatic carboxylic acids is 1. The third-order valence-electron chi connectivity index (χ3n) is 7.30. The Morgan fingerprint density at radius 3 is 1.93 bits per heavy atom. The molecule has 0 aliphatic heterocycles. The smallest absolute Gasteiger partial charge is 0.305 e. The first-order valence-electron chi connectivity index (χ1n) is 16.2. The molecule has 8 heteroatoms. The van der Waals surface area contributed by atoms with Crippen molar-refractivity contribution in [3.63, 3.8) is 0 Å². The minimum Gasteiger partial charge on any atom is -0.481 e. The molecule has 0 heterocycles. The van der Waals surface area contributed by atoms with Crippen molar-refractivity contribution in [3.8, 4) is 0 Å². The second-order valence-electron chi connectivity index (χ2n) is 11.4. The molecule has 0 radical (unpaired) electrons. The Bertz CT molecular complexity index is 616. The standard InChI is InChI=1S/C32H62N2O6/c1-4-5-6-9-14-20-29(2)27-40-32(38)22-16-11-8-13-18-25-34(26-19-23-33-30(35)28-39-3)24-17-12-7-10-15-21-31(36)37/h29H,4-28H2,1-3H3,(H,33,35)(H,36,37). The van der Waals surface area contributed by atoms with E-state index in [2.05, 4.69) is 24.1 Å². The predicted octanol–water partition coefficient (Wildman–Crippen LogP) is 6.75. The molecule has 8 nitrogen and oxygen atoms in total. The summed E-state index contributed by atoms with van der Waals surface area (Å²) in [6, 6.07) is 0. The van der Waals surface area contributed by atoms with Crippen LogP contribution in [0.1, 0.15) is 136 Å². The van der Waals surface area contributed by atoms with E-state index in [-0.39, 0.29) is 24.9 Å². The molecule has 0 aromatic heterocycles. The van der Waals surface area contributed by atoms with Crippen LogP contribution in [0.15, 0.2) is 0 Å². The molecule has 236 valence electrons. The van der Waals surface area contributed by atoms with Crippen molar-refractivity contribution in [3.05, 3.63) is 0 Å². The number of ether oxygens (including phenoxy) is 2. The maximum Gasteiger partial charge on any atom is 0.305 e. The van der Waals surface area contributed by atoms with E-state index >= 15 is 0 Å². The van der Waals surface area contributed by atoms with Crippen LogP contribution in [0.3, 0.4) is 0 Å². The number of carbonyl (C=O) groups is 3. The molecule has 0 rings (SSSR count). The molecular formula is C32H62N2O6. The molecule has 0 aliphatic rings. The summed E-state index contributed by atoms with van der Waals surface area (Å²) < 4.78 is 10.3. The topological polar surface area (TPSA) is 105 Å². The number of amides is 1. The third-order valence-corrected chi connectivity index (χ3v) is 7.30. The lowest BCUT2D eigenvalue weighted by Crippen LogP contribution is -2.32. The number of hydrogen-bond donors (Lipinski definition) is 2. The van der Waals surface area contributed by atoms with E-state index in [1.807, 2.05) is 0 Å². The third kappa shape index (κ3) is 27.9. The Morgan fingerprint density at radius 2 is 1.30 bits per heavy atom. The zero-order valence-corrected chi connectivity index (χ0v) is 26.2. The maximum atomic E-state index is 12.1. The number of rotatable bonds is 30. The number of esters is 1. The first-order chi connectivity index (χ1) is 19.4. The SMILES string of the molecule is CCCCCCCC(C)COC(=O)CCCCCCCN(CCCCCCCC(=O)O)CCCNC(=O)COC. The van der Waals surface area contributed by atoms with Crippen molar-refractivity contribution in [2.45, 2.75) is 136 Å². The Balaban J connectivity index is 3.99. The highest BCUT2D eigenvalue weighted by Crippen LogP contribution is 2.13. The fraction of sp³-hybridized carbons (Fsp3) is 0.906. The number of carbonyl (C=O) groups excluding carboxylic acids is 2. The summed E-state index contributed by atoms with van der Waals surface area (Å²) in [5, 5.41) is 11.6. The van der Waals surface area contributed by atoms with Crippen molar-refractivity contribution in [1.29, 1.82) is 0 Å². The number of nitrogens with zero attached hydrogens (tertiary/aromatic N) is 1. The highest BCUT2D eigenvalue weighted by molar-refractivity contribution is 5.77. The summed E-state index contributed by atoms with van der Waals surface area (Å²) in [6.07, 6.45) is 19.7. The van der Waals surface area contributed by atoms with Crippen LogP contribution in [0.2, 0.25) is 0 Å². The minimum atomic E-state index is -0.711. The van der Waals surface area contributed by atoms with Crippen LogP contribution >= 0.6 is 0 Å². The first-order valence-corrected chi connectivity index (χ1v) is 16.2. The molecule has 0 aromatic rings. The maximum absolute atomic E-state index is 12.1. The Labute approximate surface area is 245 Å². The summed E-state index contributed by atoms with van der Waals surface area (Å²) in [5.74, 6) is -0.389. The van der Waals surface area contributed by atoms with Gasteiger partial charge in [0.05, 0.1) is 6.61 Å². The van der Waals surface area contributed by atoms with E-state index in [1.54, 1.807) is 0 Å². The van der Waals surface area contributed by atoms with Gasteiger partial charge >= 0.3 is 11.9 Å². The molecule has 40 heavy (non-hydrogen) atoms. The van der Waals surface area contributed by atoms with Gasteiger partial charge in [-0.25, -0.2) is 0 Å². The van der Waals surface area contributed by atoms with Crippen LogP contribution in [-0.2, 0) is 23.9 Å². The van der Waals surface area contributed by atoms with Gasteiger partial charge in [0.2, 0.25) is 5.91 Å². The Hall–Kier alpha value is -1.67. The first kappa shape index (κ1) is 38.3. The van der Waals surface area contributed by atoms with E-state index in [9.17, 15) is 14.4 Å². The average Bonchev–Trinajstić information content (AvgIpc) is 2.92. The second-order valence-corrected chi connectivity index (χ2v) is 11.4. The van der Waals surface area contributed by atoms with Gasteiger partial charge in [-0.1, -0.05) is 84.5 Å². The number of unbranched alkanes of at least 4 members (excludes halogenated alkanes) is 12. The fourth-order valence-electron chi connectivity index (χ4n) is 4.81. The number of carboxylic acid groups (broad SMARTS) is 1.